The van der Waals surface area contributed by atoms with Crippen LogP contribution in [0.15, 0.2) is 6.07 Å². The number of aromatic nitrogens is 1. The van der Waals surface area contributed by atoms with Crippen molar-refractivity contribution < 1.29 is 14.2 Å². The van der Waals surface area contributed by atoms with Gasteiger partial charge in [0.25, 0.3) is 0 Å². The zero-order valence-electron chi connectivity index (χ0n) is 12.2. The fourth-order valence-electron chi connectivity index (χ4n) is 2.38. The van der Waals surface area contributed by atoms with E-state index in [-0.39, 0.29) is 0 Å². The molecule has 0 saturated heterocycles. The van der Waals surface area contributed by atoms with Crippen molar-refractivity contribution in [2.24, 2.45) is 5.73 Å². The van der Waals surface area contributed by atoms with E-state index >= 15 is 0 Å². The number of nitrogens with two attached hydrogens (primary N) is 1. The average Bonchev–Trinajstić information content (AvgIpc) is 2.92. The summed E-state index contributed by atoms with van der Waals surface area (Å²) in [5.74, 6) is 0.675. The highest BCUT2D eigenvalue weighted by atomic mass is 16.5. The Labute approximate surface area is 120 Å². The maximum atomic E-state index is 5.76. The second-order valence-electron chi connectivity index (χ2n) is 4.92. The van der Waals surface area contributed by atoms with Gasteiger partial charge in [-0.2, -0.15) is 0 Å². The van der Waals surface area contributed by atoms with Gasteiger partial charge in [0.2, 0.25) is 5.88 Å². The maximum absolute atomic E-state index is 5.76. The van der Waals surface area contributed by atoms with Crippen LogP contribution < -0.4 is 10.5 Å². The summed E-state index contributed by atoms with van der Waals surface area (Å²) in [5, 5.41) is 0. The van der Waals surface area contributed by atoms with Crippen molar-refractivity contribution >= 4 is 0 Å². The Morgan fingerprint density at radius 2 is 2.10 bits per heavy atom. The Morgan fingerprint density at radius 3 is 2.90 bits per heavy atom. The van der Waals surface area contributed by atoms with Gasteiger partial charge in [-0.25, -0.2) is 4.98 Å². The molecule has 0 fully saturated rings. The van der Waals surface area contributed by atoms with Crippen LogP contribution in [0, 0.1) is 0 Å². The number of pyridine rings is 1. The SMILES string of the molecule is COCCCOCCOc1nc2c(cc1CN)CCC2. The molecule has 112 valence electrons. The van der Waals surface area contributed by atoms with Crippen molar-refractivity contribution in [3.8, 4) is 5.88 Å². The molecule has 2 rings (SSSR count). The van der Waals surface area contributed by atoms with Crippen molar-refractivity contribution in [1.82, 2.24) is 4.98 Å². The molecule has 0 unspecified atom stereocenters. The Kier molecular flexibility index (Phi) is 6.24. The zero-order chi connectivity index (χ0) is 14.2. The van der Waals surface area contributed by atoms with Crippen molar-refractivity contribution in [1.29, 1.82) is 0 Å². The molecule has 0 atom stereocenters. The van der Waals surface area contributed by atoms with Crippen molar-refractivity contribution in [2.75, 3.05) is 33.5 Å². The summed E-state index contributed by atoms with van der Waals surface area (Å²) < 4.78 is 16.1. The zero-order valence-corrected chi connectivity index (χ0v) is 12.2. The third-order valence-corrected chi connectivity index (χ3v) is 3.41. The molecule has 0 bridgehead atoms. The fraction of sp³-hybridized carbons (Fsp3) is 0.667. The lowest BCUT2D eigenvalue weighted by Crippen LogP contribution is -2.12. The second-order valence-corrected chi connectivity index (χ2v) is 4.92. The monoisotopic (exact) mass is 280 g/mol. The summed E-state index contributed by atoms with van der Waals surface area (Å²) in [4.78, 5) is 4.59. The first-order chi connectivity index (χ1) is 9.85. The van der Waals surface area contributed by atoms with Gasteiger partial charge in [0, 0.05) is 38.1 Å². The molecule has 2 N–H and O–H groups in total. The van der Waals surface area contributed by atoms with E-state index in [1.165, 1.54) is 17.7 Å². The van der Waals surface area contributed by atoms with E-state index < -0.39 is 0 Å². The number of fused-ring (bicyclic) bond motifs is 1. The van der Waals surface area contributed by atoms with Crippen LogP contribution in [0.2, 0.25) is 0 Å². The number of nitrogens with zero attached hydrogens (tertiary/aromatic N) is 1. The lowest BCUT2D eigenvalue weighted by atomic mass is 10.1. The standard InChI is InChI=1S/C15H24N2O3/c1-18-6-3-7-19-8-9-20-15-13(11-16)10-12-4-2-5-14(12)17-15/h10H,2-9,11,16H2,1H3. The van der Waals surface area contributed by atoms with E-state index in [1.807, 2.05) is 0 Å². The van der Waals surface area contributed by atoms with Crippen LogP contribution in [-0.2, 0) is 28.9 Å². The molecule has 0 radical (unpaired) electrons. The molecule has 20 heavy (non-hydrogen) atoms. The normalized spacial score (nSPS) is 13.5. The van der Waals surface area contributed by atoms with Crippen molar-refractivity contribution in [3.63, 3.8) is 0 Å². The highest BCUT2D eigenvalue weighted by Crippen LogP contribution is 2.26. The van der Waals surface area contributed by atoms with Gasteiger partial charge in [-0.3, -0.25) is 0 Å². The first kappa shape index (κ1) is 15.2. The van der Waals surface area contributed by atoms with Gasteiger partial charge in [-0.1, -0.05) is 0 Å². The molecular formula is C15H24N2O3. The van der Waals surface area contributed by atoms with Crippen LogP contribution in [0.5, 0.6) is 5.88 Å². The Bertz CT molecular complexity index is 424. The first-order valence-corrected chi connectivity index (χ1v) is 7.26. The molecule has 1 aliphatic rings. The molecule has 0 aliphatic heterocycles. The predicted octanol–water partition coefficient (Wildman–Crippen LogP) is 1.46. The molecule has 1 aromatic rings. The summed E-state index contributed by atoms with van der Waals surface area (Å²) in [6.45, 7) is 2.95. The largest absolute Gasteiger partial charge is 0.475 e. The van der Waals surface area contributed by atoms with Crippen LogP contribution in [-0.4, -0.2) is 38.5 Å². The van der Waals surface area contributed by atoms with E-state index in [9.17, 15) is 0 Å². The molecule has 0 aromatic carbocycles. The summed E-state index contributed by atoms with van der Waals surface area (Å²) in [6.07, 6.45) is 4.24. The molecule has 0 saturated carbocycles. The minimum Gasteiger partial charge on any atom is -0.475 e. The van der Waals surface area contributed by atoms with Crippen LogP contribution in [0.3, 0.4) is 0 Å². The molecule has 1 heterocycles. The number of hydrogen-bond donors (Lipinski definition) is 1. The van der Waals surface area contributed by atoms with Gasteiger partial charge >= 0.3 is 0 Å². The minimum atomic E-state index is 0.463. The maximum Gasteiger partial charge on any atom is 0.218 e. The topological polar surface area (TPSA) is 66.6 Å². The van der Waals surface area contributed by atoms with E-state index in [2.05, 4.69) is 11.1 Å². The van der Waals surface area contributed by atoms with Gasteiger partial charge in [0.1, 0.15) is 6.61 Å². The van der Waals surface area contributed by atoms with E-state index in [0.29, 0.717) is 32.2 Å². The average molecular weight is 280 g/mol. The summed E-state index contributed by atoms with van der Waals surface area (Å²) >= 11 is 0. The van der Waals surface area contributed by atoms with Gasteiger partial charge < -0.3 is 19.9 Å². The van der Waals surface area contributed by atoms with Crippen molar-refractivity contribution in [2.45, 2.75) is 32.2 Å². The molecule has 5 nitrogen and oxygen atoms in total. The van der Waals surface area contributed by atoms with E-state index in [4.69, 9.17) is 19.9 Å². The number of rotatable bonds is 9. The van der Waals surface area contributed by atoms with Gasteiger partial charge in [-0.05, 0) is 37.3 Å². The van der Waals surface area contributed by atoms with Gasteiger partial charge in [-0.15, -0.1) is 0 Å². The highest BCUT2D eigenvalue weighted by Gasteiger charge is 2.16. The number of ether oxygens (including phenoxy) is 3. The number of hydrogen-bond acceptors (Lipinski definition) is 5. The molecule has 1 aliphatic carbocycles. The third-order valence-electron chi connectivity index (χ3n) is 3.41. The summed E-state index contributed by atoms with van der Waals surface area (Å²) in [7, 11) is 1.69. The molecule has 1 aromatic heterocycles. The van der Waals surface area contributed by atoms with Crippen LogP contribution in [0.4, 0.5) is 0 Å². The summed E-state index contributed by atoms with van der Waals surface area (Å²) in [6, 6.07) is 2.14. The lowest BCUT2D eigenvalue weighted by molar-refractivity contribution is 0.0792. The van der Waals surface area contributed by atoms with Crippen LogP contribution in [0.25, 0.3) is 0 Å². The van der Waals surface area contributed by atoms with Crippen LogP contribution in [0.1, 0.15) is 29.7 Å². The lowest BCUT2D eigenvalue weighted by Gasteiger charge is -2.12. The van der Waals surface area contributed by atoms with E-state index in [0.717, 1.165) is 31.4 Å². The predicted molar refractivity (Wildman–Crippen MR) is 77.0 cm³/mol. The quantitative estimate of drug-likeness (QED) is 0.694. The fourth-order valence-corrected chi connectivity index (χ4v) is 2.38. The molecular weight excluding hydrogens is 256 g/mol. The van der Waals surface area contributed by atoms with Crippen LogP contribution >= 0.6 is 0 Å². The smallest absolute Gasteiger partial charge is 0.218 e. The molecule has 0 amide bonds. The summed E-state index contributed by atoms with van der Waals surface area (Å²) in [5.41, 5.74) is 9.25. The van der Waals surface area contributed by atoms with Crippen molar-refractivity contribution in [3.05, 3.63) is 22.9 Å². The highest BCUT2D eigenvalue weighted by molar-refractivity contribution is 5.36. The van der Waals surface area contributed by atoms with E-state index in [1.54, 1.807) is 7.11 Å². The number of methoxy groups -OCH3 is 1. The second kappa shape index (κ2) is 8.19. The minimum absolute atomic E-state index is 0.463. The molecule has 0 spiro atoms. The van der Waals surface area contributed by atoms with Gasteiger partial charge in [0.15, 0.2) is 0 Å². The Morgan fingerprint density at radius 1 is 1.20 bits per heavy atom. The Hall–Kier alpha value is -1.17. The third kappa shape index (κ3) is 4.16. The Balaban J connectivity index is 1.77. The van der Waals surface area contributed by atoms with Gasteiger partial charge in [0.05, 0.1) is 6.61 Å². The molecule has 5 heteroatoms. The number of aryl methyl sites for hydroxylation is 2. The first-order valence-electron chi connectivity index (χ1n) is 7.26.